The average Bonchev–Trinajstić information content (AvgIpc) is 3.19. The third-order valence-corrected chi connectivity index (χ3v) is 5.30. The van der Waals surface area contributed by atoms with Crippen LogP contribution in [0.4, 0.5) is 0 Å². The van der Waals surface area contributed by atoms with Crippen LogP contribution in [0.1, 0.15) is 12.5 Å². The van der Waals surface area contributed by atoms with Gasteiger partial charge in [0.15, 0.2) is 11.0 Å². The van der Waals surface area contributed by atoms with E-state index in [0.717, 1.165) is 28.5 Å². The molecular weight excluding hydrogens is 388 g/mol. The van der Waals surface area contributed by atoms with Crippen LogP contribution in [-0.4, -0.2) is 40.6 Å². The maximum absolute atomic E-state index is 12.3. The number of methoxy groups -OCH3 is 2. The van der Waals surface area contributed by atoms with E-state index < -0.39 is 0 Å². The maximum Gasteiger partial charge on any atom is 0.230 e. The lowest BCUT2D eigenvalue weighted by Gasteiger charge is -2.10. The number of ether oxygens (including phenoxy) is 2. The first-order valence-electron chi connectivity index (χ1n) is 9.25. The lowest BCUT2D eigenvalue weighted by atomic mass is 10.2. The van der Waals surface area contributed by atoms with Crippen molar-refractivity contribution < 1.29 is 14.3 Å². The first-order valence-corrected chi connectivity index (χ1v) is 10.2. The van der Waals surface area contributed by atoms with E-state index in [1.807, 2.05) is 60.0 Å². The van der Waals surface area contributed by atoms with Crippen LogP contribution in [0.25, 0.3) is 11.4 Å². The minimum Gasteiger partial charge on any atom is -0.497 e. The van der Waals surface area contributed by atoms with Gasteiger partial charge in [0, 0.05) is 13.1 Å². The molecule has 0 aliphatic heterocycles. The van der Waals surface area contributed by atoms with E-state index >= 15 is 0 Å². The first-order chi connectivity index (χ1) is 14.2. The number of nitrogens with zero attached hydrogens (tertiary/aromatic N) is 3. The Labute approximate surface area is 174 Å². The SMILES string of the molecule is CCn1c(SCC(=O)NCc2cccc(OC)c2)nnc1-c1ccccc1OC. The number of amides is 1. The van der Waals surface area contributed by atoms with Crippen molar-refractivity contribution in [3.05, 3.63) is 54.1 Å². The molecule has 0 saturated heterocycles. The topological polar surface area (TPSA) is 78.3 Å². The van der Waals surface area contributed by atoms with Gasteiger partial charge in [-0.25, -0.2) is 0 Å². The Morgan fingerprint density at radius 1 is 1.10 bits per heavy atom. The second kappa shape index (κ2) is 9.97. The van der Waals surface area contributed by atoms with E-state index in [1.54, 1.807) is 14.2 Å². The molecule has 0 aliphatic carbocycles. The highest BCUT2D eigenvalue weighted by molar-refractivity contribution is 7.99. The molecule has 0 saturated carbocycles. The van der Waals surface area contributed by atoms with Crippen molar-refractivity contribution in [3.63, 3.8) is 0 Å². The van der Waals surface area contributed by atoms with E-state index in [1.165, 1.54) is 11.8 Å². The molecule has 0 spiro atoms. The van der Waals surface area contributed by atoms with Crippen molar-refractivity contribution in [2.45, 2.75) is 25.2 Å². The van der Waals surface area contributed by atoms with Crippen LogP contribution in [0.5, 0.6) is 11.5 Å². The van der Waals surface area contributed by atoms with Crippen molar-refractivity contribution >= 4 is 17.7 Å². The van der Waals surface area contributed by atoms with E-state index in [-0.39, 0.29) is 11.7 Å². The van der Waals surface area contributed by atoms with Gasteiger partial charge in [-0.2, -0.15) is 0 Å². The van der Waals surface area contributed by atoms with Gasteiger partial charge in [-0.05, 0) is 36.8 Å². The molecule has 0 radical (unpaired) electrons. The number of para-hydroxylation sites is 1. The van der Waals surface area contributed by atoms with Gasteiger partial charge in [-0.3, -0.25) is 4.79 Å². The summed E-state index contributed by atoms with van der Waals surface area (Å²) < 4.78 is 12.6. The number of hydrogen-bond donors (Lipinski definition) is 1. The zero-order valence-corrected chi connectivity index (χ0v) is 17.5. The van der Waals surface area contributed by atoms with Crippen LogP contribution >= 0.6 is 11.8 Å². The molecule has 1 aromatic heterocycles. The van der Waals surface area contributed by atoms with Crippen molar-refractivity contribution in [1.29, 1.82) is 0 Å². The summed E-state index contributed by atoms with van der Waals surface area (Å²) in [7, 11) is 3.26. The molecule has 1 N–H and O–H groups in total. The summed E-state index contributed by atoms with van der Waals surface area (Å²) in [5.41, 5.74) is 1.86. The van der Waals surface area contributed by atoms with Crippen LogP contribution in [0, 0.1) is 0 Å². The number of nitrogens with one attached hydrogen (secondary N) is 1. The molecule has 0 bridgehead atoms. The molecule has 8 heteroatoms. The molecule has 0 unspecified atom stereocenters. The van der Waals surface area contributed by atoms with Gasteiger partial charge in [0.2, 0.25) is 5.91 Å². The van der Waals surface area contributed by atoms with E-state index in [2.05, 4.69) is 15.5 Å². The highest BCUT2D eigenvalue weighted by atomic mass is 32.2. The zero-order valence-electron chi connectivity index (χ0n) is 16.7. The molecule has 1 amide bonds. The highest BCUT2D eigenvalue weighted by Crippen LogP contribution is 2.30. The van der Waals surface area contributed by atoms with E-state index in [9.17, 15) is 4.79 Å². The Kier molecular flexibility index (Phi) is 7.13. The third kappa shape index (κ3) is 5.08. The number of benzene rings is 2. The van der Waals surface area contributed by atoms with Gasteiger partial charge in [0.25, 0.3) is 0 Å². The lowest BCUT2D eigenvalue weighted by Crippen LogP contribution is -2.24. The molecule has 0 atom stereocenters. The number of carbonyl (C=O) groups is 1. The summed E-state index contributed by atoms with van der Waals surface area (Å²) in [5.74, 6) is 2.42. The molecule has 29 heavy (non-hydrogen) atoms. The molecule has 0 fully saturated rings. The quantitative estimate of drug-likeness (QED) is 0.543. The van der Waals surface area contributed by atoms with Crippen molar-refractivity contribution in [1.82, 2.24) is 20.1 Å². The first kappa shape index (κ1) is 20.7. The fraction of sp³-hybridized carbons (Fsp3) is 0.286. The van der Waals surface area contributed by atoms with Gasteiger partial charge < -0.3 is 19.4 Å². The number of thioether (sulfide) groups is 1. The largest absolute Gasteiger partial charge is 0.497 e. The normalized spacial score (nSPS) is 10.6. The summed E-state index contributed by atoms with van der Waals surface area (Å²) in [6, 6.07) is 15.3. The van der Waals surface area contributed by atoms with Crippen molar-refractivity contribution in [2.75, 3.05) is 20.0 Å². The van der Waals surface area contributed by atoms with Gasteiger partial charge >= 0.3 is 0 Å². The van der Waals surface area contributed by atoms with Crippen LogP contribution in [0.3, 0.4) is 0 Å². The minimum absolute atomic E-state index is 0.0673. The smallest absolute Gasteiger partial charge is 0.230 e. The van der Waals surface area contributed by atoms with Crippen molar-refractivity contribution in [3.8, 4) is 22.9 Å². The Morgan fingerprint density at radius 2 is 1.93 bits per heavy atom. The number of hydrogen-bond acceptors (Lipinski definition) is 6. The van der Waals surface area contributed by atoms with Gasteiger partial charge in [0.05, 0.1) is 25.5 Å². The van der Waals surface area contributed by atoms with Gasteiger partial charge in [-0.1, -0.05) is 36.0 Å². The lowest BCUT2D eigenvalue weighted by molar-refractivity contribution is -0.118. The summed E-state index contributed by atoms with van der Waals surface area (Å²) >= 11 is 1.36. The predicted octanol–water partition coefficient (Wildman–Crippen LogP) is 3.39. The maximum atomic E-state index is 12.3. The van der Waals surface area contributed by atoms with E-state index in [4.69, 9.17) is 9.47 Å². The minimum atomic E-state index is -0.0673. The van der Waals surface area contributed by atoms with Crippen LogP contribution < -0.4 is 14.8 Å². The van der Waals surface area contributed by atoms with Gasteiger partial charge in [-0.15, -0.1) is 10.2 Å². The van der Waals surface area contributed by atoms with Crippen LogP contribution in [-0.2, 0) is 17.9 Å². The fourth-order valence-electron chi connectivity index (χ4n) is 2.87. The molecule has 7 nitrogen and oxygen atoms in total. The summed E-state index contributed by atoms with van der Waals surface area (Å²) in [5, 5.41) is 12.2. The molecule has 152 valence electrons. The van der Waals surface area contributed by atoms with Gasteiger partial charge in [0.1, 0.15) is 11.5 Å². The molecule has 3 aromatic rings. The van der Waals surface area contributed by atoms with Crippen LogP contribution in [0.15, 0.2) is 53.7 Å². The molecule has 0 aliphatic rings. The highest BCUT2D eigenvalue weighted by Gasteiger charge is 2.17. The Bertz CT molecular complexity index is 974. The van der Waals surface area contributed by atoms with Crippen molar-refractivity contribution in [2.24, 2.45) is 0 Å². The summed E-state index contributed by atoms with van der Waals surface area (Å²) in [6.45, 7) is 3.16. The fourth-order valence-corrected chi connectivity index (χ4v) is 3.71. The molecule has 1 heterocycles. The zero-order chi connectivity index (χ0) is 20.6. The number of aromatic nitrogens is 3. The van der Waals surface area contributed by atoms with Crippen LogP contribution in [0.2, 0.25) is 0 Å². The molecular formula is C21H24N4O3S. The second-order valence-electron chi connectivity index (χ2n) is 6.17. The molecule has 2 aromatic carbocycles. The second-order valence-corrected chi connectivity index (χ2v) is 7.11. The average molecular weight is 413 g/mol. The Balaban J connectivity index is 1.63. The monoisotopic (exact) mass is 412 g/mol. The standard InChI is InChI=1S/C21H24N4O3S/c1-4-25-20(17-10-5-6-11-18(17)28-3)23-24-21(25)29-14-19(26)22-13-15-8-7-9-16(12-15)27-2/h5-12H,4,13-14H2,1-3H3,(H,22,26). The third-order valence-electron chi connectivity index (χ3n) is 4.34. The number of rotatable bonds is 9. The van der Waals surface area contributed by atoms with E-state index in [0.29, 0.717) is 18.2 Å². The summed E-state index contributed by atoms with van der Waals surface area (Å²) in [6.07, 6.45) is 0. The Hall–Kier alpha value is -3.00. The molecule has 3 rings (SSSR count). The summed E-state index contributed by atoms with van der Waals surface area (Å²) in [4.78, 5) is 12.3. The number of carbonyl (C=O) groups excluding carboxylic acids is 1. The Morgan fingerprint density at radius 3 is 2.69 bits per heavy atom. The predicted molar refractivity (Wildman–Crippen MR) is 113 cm³/mol.